The highest BCUT2D eigenvalue weighted by molar-refractivity contribution is 7.90. The lowest BCUT2D eigenvalue weighted by molar-refractivity contribution is 0.0929. The van der Waals surface area contributed by atoms with Gasteiger partial charge in [0.25, 0.3) is 5.91 Å². The zero-order valence-corrected chi connectivity index (χ0v) is 12.1. The molecule has 1 heterocycles. The predicted molar refractivity (Wildman–Crippen MR) is 78.6 cm³/mol. The van der Waals surface area contributed by atoms with Crippen molar-refractivity contribution in [3.8, 4) is 0 Å². The Morgan fingerprint density at radius 1 is 1.19 bits per heavy atom. The van der Waals surface area contributed by atoms with Gasteiger partial charge in [-0.05, 0) is 24.3 Å². The van der Waals surface area contributed by atoms with Crippen molar-refractivity contribution >= 4 is 15.7 Å². The molecule has 0 bridgehead atoms. The summed E-state index contributed by atoms with van der Waals surface area (Å²) < 4.78 is 29.6. The van der Waals surface area contributed by atoms with E-state index < -0.39 is 15.7 Å². The smallest absolute Gasteiger partial charge is 0.287 e. The van der Waals surface area contributed by atoms with Crippen molar-refractivity contribution in [2.75, 3.05) is 6.54 Å². The zero-order chi connectivity index (χ0) is 15.3. The van der Waals surface area contributed by atoms with Crippen molar-refractivity contribution in [1.29, 1.82) is 0 Å². The number of nitrogens with one attached hydrogen (secondary N) is 1. The average Bonchev–Trinajstić information content (AvgIpc) is 2.93. The van der Waals surface area contributed by atoms with Crippen LogP contribution in [0.15, 0.2) is 64.4 Å². The fraction of sp³-hybridized carbons (Fsp3) is 0.133. The van der Waals surface area contributed by atoms with Crippen LogP contribution in [-0.4, -0.2) is 20.9 Å². The number of benzene rings is 1. The highest BCUT2D eigenvalue weighted by Gasteiger charge is 2.18. The van der Waals surface area contributed by atoms with E-state index in [0.717, 1.165) is 0 Å². The highest BCUT2D eigenvalue weighted by Crippen LogP contribution is 2.18. The monoisotopic (exact) mass is 305 g/mol. The van der Waals surface area contributed by atoms with Gasteiger partial charge in [0, 0.05) is 6.54 Å². The standard InChI is InChI=1S/C15H15NO4S/c1-2-10-16-15(17)14-9-8-12(20-14)11-21(18,19)13-6-4-3-5-7-13/h2-9H,1,10-11H2,(H,16,17). The third-order valence-electron chi connectivity index (χ3n) is 2.73. The molecule has 1 amide bonds. The van der Waals surface area contributed by atoms with Crippen molar-refractivity contribution in [2.45, 2.75) is 10.6 Å². The molecule has 0 aliphatic rings. The first-order valence-electron chi connectivity index (χ1n) is 6.28. The lowest BCUT2D eigenvalue weighted by Crippen LogP contribution is -2.22. The quantitative estimate of drug-likeness (QED) is 0.830. The number of hydrogen-bond donors (Lipinski definition) is 1. The second-order valence-electron chi connectivity index (χ2n) is 4.34. The molecular formula is C15H15NO4S. The van der Waals surface area contributed by atoms with Crippen LogP contribution >= 0.6 is 0 Å². The van der Waals surface area contributed by atoms with Crippen LogP contribution < -0.4 is 5.32 Å². The molecule has 1 aromatic heterocycles. The molecule has 6 heteroatoms. The average molecular weight is 305 g/mol. The number of amides is 1. The number of carbonyl (C=O) groups is 1. The maximum Gasteiger partial charge on any atom is 0.287 e. The van der Waals surface area contributed by atoms with E-state index in [4.69, 9.17) is 4.42 Å². The van der Waals surface area contributed by atoms with Gasteiger partial charge in [0.05, 0.1) is 4.90 Å². The van der Waals surface area contributed by atoms with Crippen LogP contribution in [0.25, 0.3) is 0 Å². The van der Waals surface area contributed by atoms with Gasteiger partial charge in [-0.25, -0.2) is 8.42 Å². The minimum Gasteiger partial charge on any atom is -0.455 e. The number of hydrogen-bond acceptors (Lipinski definition) is 4. The molecule has 1 N–H and O–H groups in total. The van der Waals surface area contributed by atoms with E-state index in [1.807, 2.05) is 0 Å². The Hall–Kier alpha value is -2.34. The summed E-state index contributed by atoms with van der Waals surface area (Å²) in [5, 5.41) is 2.56. The van der Waals surface area contributed by atoms with Crippen molar-refractivity contribution < 1.29 is 17.6 Å². The second-order valence-corrected chi connectivity index (χ2v) is 6.33. The Labute approximate surface area is 123 Å². The fourth-order valence-corrected chi connectivity index (χ4v) is 3.00. The molecule has 0 aliphatic carbocycles. The summed E-state index contributed by atoms with van der Waals surface area (Å²) in [5.74, 6) is -0.387. The van der Waals surface area contributed by atoms with Gasteiger partial charge in [-0.15, -0.1) is 6.58 Å². The van der Waals surface area contributed by atoms with Crippen LogP contribution in [0.1, 0.15) is 16.3 Å². The molecule has 0 atom stereocenters. The molecule has 2 aromatic rings. The molecule has 1 aromatic carbocycles. The predicted octanol–water partition coefficient (Wildman–Crippen LogP) is 2.17. The fourth-order valence-electron chi connectivity index (χ4n) is 1.73. The normalized spacial score (nSPS) is 11.0. The highest BCUT2D eigenvalue weighted by atomic mass is 32.2. The van der Waals surface area contributed by atoms with Gasteiger partial charge in [0.15, 0.2) is 15.6 Å². The van der Waals surface area contributed by atoms with Gasteiger partial charge in [0.2, 0.25) is 0 Å². The summed E-state index contributed by atoms with van der Waals surface area (Å²) in [6.45, 7) is 3.81. The van der Waals surface area contributed by atoms with Crippen LogP contribution in [0.2, 0.25) is 0 Å². The first-order chi connectivity index (χ1) is 10.0. The maximum atomic E-state index is 12.2. The van der Waals surface area contributed by atoms with Gasteiger partial charge in [0.1, 0.15) is 11.5 Å². The number of sulfone groups is 1. The van der Waals surface area contributed by atoms with Crippen LogP contribution in [0, 0.1) is 0 Å². The first-order valence-corrected chi connectivity index (χ1v) is 7.94. The number of carbonyl (C=O) groups excluding carboxylic acids is 1. The maximum absolute atomic E-state index is 12.2. The Kier molecular flexibility index (Phi) is 4.59. The third kappa shape index (κ3) is 3.82. The molecule has 0 unspecified atom stereocenters. The summed E-state index contributed by atoms with van der Waals surface area (Å²) in [7, 11) is -3.48. The molecular weight excluding hydrogens is 290 g/mol. The zero-order valence-electron chi connectivity index (χ0n) is 11.3. The Morgan fingerprint density at radius 3 is 2.57 bits per heavy atom. The number of furan rings is 1. The molecule has 0 saturated carbocycles. The Balaban J connectivity index is 2.12. The van der Waals surface area contributed by atoms with E-state index >= 15 is 0 Å². The molecule has 0 radical (unpaired) electrons. The topological polar surface area (TPSA) is 76.4 Å². The SMILES string of the molecule is C=CCNC(=O)c1ccc(CS(=O)(=O)c2ccccc2)o1. The summed E-state index contributed by atoms with van der Waals surface area (Å²) >= 11 is 0. The van der Waals surface area contributed by atoms with Gasteiger partial charge in [-0.1, -0.05) is 24.3 Å². The number of rotatable bonds is 6. The molecule has 0 fully saturated rings. The molecule has 2 rings (SSSR count). The van der Waals surface area contributed by atoms with Gasteiger partial charge in [-0.2, -0.15) is 0 Å². The van der Waals surface area contributed by atoms with E-state index in [1.165, 1.54) is 24.3 Å². The molecule has 5 nitrogen and oxygen atoms in total. The van der Waals surface area contributed by atoms with Gasteiger partial charge >= 0.3 is 0 Å². The van der Waals surface area contributed by atoms with E-state index in [0.29, 0.717) is 6.54 Å². The minimum atomic E-state index is -3.48. The third-order valence-corrected chi connectivity index (χ3v) is 4.38. The summed E-state index contributed by atoms with van der Waals surface area (Å²) in [6, 6.07) is 11.0. The summed E-state index contributed by atoms with van der Waals surface area (Å²) in [4.78, 5) is 11.9. The van der Waals surface area contributed by atoms with Gasteiger partial charge < -0.3 is 9.73 Å². The van der Waals surface area contributed by atoms with Crippen molar-refractivity contribution in [1.82, 2.24) is 5.32 Å². The largest absolute Gasteiger partial charge is 0.455 e. The summed E-state index contributed by atoms with van der Waals surface area (Å²) in [6.07, 6.45) is 1.54. The van der Waals surface area contributed by atoms with Crippen LogP contribution in [0.5, 0.6) is 0 Å². The minimum absolute atomic E-state index is 0.0788. The summed E-state index contributed by atoms with van der Waals surface area (Å²) in [5.41, 5.74) is 0. The molecule has 110 valence electrons. The van der Waals surface area contributed by atoms with E-state index in [1.54, 1.807) is 24.3 Å². The van der Waals surface area contributed by atoms with E-state index in [2.05, 4.69) is 11.9 Å². The molecule has 0 spiro atoms. The first kappa shape index (κ1) is 15.1. The van der Waals surface area contributed by atoms with Crippen LogP contribution in [-0.2, 0) is 15.6 Å². The van der Waals surface area contributed by atoms with Crippen LogP contribution in [0.3, 0.4) is 0 Å². The van der Waals surface area contributed by atoms with E-state index in [-0.39, 0.29) is 22.2 Å². The van der Waals surface area contributed by atoms with Crippen molar-refractivity contribution in [2.24, 2.45) is 0 Å². The van der Waals surface area contributed by atoms with Crippen molar-refractivity contribution in [3.05, 3.63) is 66.6 Å². The molecule has 21 heavy (non-hydrogen) atoms. The Morgan fingerprint density at radius 2 is 1.90 bits per heavy atom. The lowest BCUT2D eigenvalue weighted by Gasteiger charge is -2.02. The van der Waals surface area contributed by atoms with Crippen LogP contribution in [0.4, 0.5) is 0 Å². The molecule has 0 aliphatic heterocycles. The van der Waals surface area contributed by atoms with Gasteiger partial charge in [-0.3, -0.25) is 4.79 Å². The lowest BCUT2D eigenvalue weighted by atomic mass is 10.4. The van der Waals surface area contributed by atoms with E-state index in [9.17, 15) is 13.2 Å². The van der Waals surface area contributed by atoms with Crippen molar-refractivity contribution in [3.63, 3.8) is 0 Å². The second kappa shape index (κ2) is 6.41. The Bertz CT molecular complexity index is 732. The molecule has 0 saturated heterocycles.